The molecular formula is C22H22N2O3. The predicted molar refractivity (Wildman–Crippen MR) is 105 cm³/mol. The molecule has 0 atom stereocenters. The SMILES string of the molecule is Cc1ccc2c(NC(=O)COc3cccc4c3OC(C)(C)C4)cccc2n1. The summed E-state index contributed by atoms with van der Waals surface area (Å²) < 4.78 is 11.7. The molecule has 1 aliphatic heterocycles. The van der Waals surface area contributed by atoms with Crippen LogP contribution in [-0.4, -0.2) is 23.1 Å². The lowest BCUT2D eigenvalue weighted by Crippen LogP contribution is -2.25. The smallest absolute Gasteiger partial charge is 0.262 e. The number of benzene rings is 2. The molecule has 0 bridgehead atoms. The molecule has 0 unspecified atom stereocenters. The van der Waals surface area contributed by atoms with Crippen molar-refractivity contribution in [2.45, 2.75) is 32.8 Å². The minimum Gasteiger partial charge on any atom is -0.483 e. The number of ether oxygens (including phenoxy) is 2. The number of fused-ring (bicyclic) bond motifs is 2. The van der Waals surface area contributed by atoms with Gasteiger partial charge in [0.25, 0.3) is 5.91 Å². The fourth-order valence-electron chi connectivity index (χ4n) is 3.40. The highest BCUT2D eigenvalue weighted by Crippen LogP contribution is 2.41. The number of aromatic nitrogens is 1. The Labute approximate surface area is 158 Å². The Morgan fingerprint density at radius 1 is 1.19 bits per heavy atom. The van der Waals surface area contributed by atoms with Crippen molar-refractivity contribution < 1.29 is 14.3 Å². The van der Waals surface area contributed by atoms with E-state index in [1.165, 1.54) is 0 Å². The number of hydrogen-bond donors (Lipinski definition) is 1. The second-order valence-electron chi connectivity index (χ2n) is 7.44. The predicted octanol–water partition coefficient (Wildman–Crippen LogP) is 4.27. The van der Waals surface area contributed by atoms with Gasteiger partial charge in [0.05, 0.1) is 11.2 Å². The van der Waals surface area contributed by atoms with E-state index in [4.69, 9.17) is 9.47 Å². The van der Waals surface area contributed by atoms with Crippen molar-refractivity contribution >= 4 is 22.5 Å². The van der Waals surface area contributed by atoms with Crippen LogP contribution in [0.2, 0.25) is 0 Å². The van der Waals surface area contributed by atoms with Crippen molar-refractivity contribution in [1.29, 1.82) is 0 Å². The van der Waals surface area contributed by atoms with Gasteiger partial charge in [-0.25, -0.2) is 0 Å². The van der Waals surface area contributed by atoms with Crippen molar-refractivity contribution in [3.8, 4) is 11.5 Å². The van der Waals surface area contributed by atoms with E-state index in [1.54, 1.807) is 0 Å². The topological polar surface area (TPSA) is 60.5 Å². The molecule has 0 fully saturated rings. The number of pyridine rings is 1. The fraction of sp³-hybridized carbons (Fsp3) is 0.273. The zero-order valence-corrected chi connectivity index (χ0v) is 15.7. The van der Waals surface area contributed by atoms with Crippen LogP contribution in [0.4, 0.5) is 5.69 Å². The Morgan fingerprint density at radius 3 is 2.85 bits per heavy atom. The van der Waals surface area contributed by atoms with Gasteiger partial charge in [0.1, 0.15) is 5.60 Å². The van der Waals surface area contributed by atoms with E-state index in [2.05, 4.69) is 10.3 Å². The molecule has 27 heavy (non-hydrogen) atoms. The molecule has 1 N–H and O–H groups in total. The monoisotopic (exact) mass is 362 g/mol. The Bertz CT molecular complexity index is 1030. The maximum Gasteiger partial charge on any atom is 0.262 e. The average Bonchev–Trinajstić information content (AvgIpc) is 2.94. The van der Waals surface area contributed by atoms with Gasteiger partial charge in [-0.05, 0) is 51.1 Å². The number of rotatable bonds is 4. The first-order valence-corrected chi connectivity index (χ1v) is 9.01. The molecule has 1 aromatic heterocycles. The summed E-state index contributed by atoms with van der Waals surface area (Å²) in [5.74, 6) is 1.11. The Morgan fingerprint density at radius 2 is 2.00 bits per heavy atom. The summed E-state index contributed by atoms with van der Waals surface area (Å²) in [7, 11) is 0. The Kier molecular flexibility index (Phi) is 4.22. The summed E-state index contributed by atoms with van der Waals surface area (Å²) in [4.78, 5) is 16.9. The molecule has 138 valence electrons. The normalized spacial score (nSPS) is 14.5. The molecule has 4 rings (SSSR count). The van der Waals surface area contributed by atoms with Crippen LogP contribution in [0.5, 0.6) is 11.5 Å². The lowest BCUT2D eigenvalue weighted by molar-refractivity contribution is -0.118. The van der Waals surface area contributed by atoms with Gasteiger partial charge in [-0.15, -0.1) is 0 Å². The first kappa shape index (κ1) is 17.3. The van der Waals surface area contributed by atoms with Crippen LogP contribution in [0.15, 0.2) is 48.5 Å². The van der Waals surface area contributed by atoms with Crippen molar-refractivity contribution in [3.63, 3.8) is 0 Å². The minimum atomic E-state index is -0.252. The van der Waals surface area contributed by atoms with Gasteiger partial charge in [0.2, 0.25) is 0 Å². The molecule has 0 saturated carbocycles. The van der Waals surface area contributed by atoms with E-state index < -0.39 is 0 Å². The quantitative estimate of drug-likeness (QED) is 0.753. The molecular weight excluding hydrogens is 340 g/mol. The van der Waals surface area contributed by atoms with E-state index in [9.17, 15) is 4.79 Å². The van der Waals surface area contributed by atoms with Gasteiger partial charge in [0.15, 0.2) is 18.1 Å². The molecule has 5 heteroatoms. The van der Waals surface area contributed by atoms with Gasteiger partial charge in [-0.2, -0.15) is 0 Å². The number of carbonyl (C=O) groups is 1. The third-order valence-corrected chi connectivity index (χ3v) is 4.56. The summed E-state index contributed by atoms with van der Waals surface area (Å²) in [5.41, 5.74) is 3.37. The van der Waals surface area contributed by atoms with Crippen molar-refractivity contribution in [1.82, 2.24) is 4.98 Å². The molecule has 2 heterocycles. The van der Waals surface area contributed by atoms with Crippen molar-refractivity contribution in [2.24, 2.45) is 0 Å². The van der Waals surface area contributed by atoms with Gasteiger partial charge < -0.3 is 14.8 Å². The van der Waals surface area contributed by atoms with E-state index in [0.717, 1.165) is 40.0 Å². The van der Waals surface area contributed by atoms with E-state index in [-0.39, 0.29) is 18.1 Å². The molecule has 3 aromatic rings. The largest absolute Gasteiger partial charge is 0.483 e. The summed E-state index contributed by atoms with van der Waals surface area (Å²) in [5, 5.41) is 3.82. The van der Waals surface area contributed by atoms with E-state index >= 15 is 0 Å². The first-order chi connectivity index (χ1) is 12.9. The molecule has 1 aliphatic rings. The van der Waals surface area contributed by atoms with Gasteiger partial charge in [-0.1, -0.05) is 18.2 Å². The second kappa shape index (κ2) is 6.58. The number of amides is 1. The molecule has 0 radical (unpaired) electrons. The van der Waals surface area contributed by atoms with Crippen molar-refractivity contribution in [2.75, 3.05) is 11.9 Å². The lowest BCUT2D eigenvalue weighted by Gasteiger charge is -2.18. The van der Waals surface area contributed by atoms with Crippen LogP contribution in [0.25, 0.3) is 10.9 Å². The zero-order valence-electron chi connectivity index (χ0n) is 15.7. The Balaban J connectivity index is 1.47. The van der Waals surface area contributed by atoms with E-state index in [1.807, 2.05) is 69.3 Å². The molecule has 5 nitrogen and oxygen atoms in total. The summed E-state index contributed by atoms with van der Waals surface area (Å²) in [6.07, 6.45) is 0.828. The second-order valence-corrected chi connectivity index (χ2v) is 7.44. The van der Waals surface area contributed by atoms with Crippen LogP contribution in [0.1, 0.15) is 25.1 Å². The maximum atomic E-state index is 12.4. The van der Waals surface area contributed by atoms with Gasteiger partial charge in [-0.3, -0.25) is 9.78 Å². The number of hydrogen-bond acceptors (Lipinski definition) is 4. The summed E-state index contributed by atoms with van der Waals surface area (Å²) in [6.45, 7) is 5.94. The number of nitrogens with one attached hydrogen (secondary N) is 1. The number of aryl methyl sites for hydroxylation is 1. The van der Waals surface area contributed by atoms with Crippen LogP contribution in [-0.2, 0) is 11.2 Å². The number of anilines is 1. The summed E-state index contributed by atoms with van der Waals surface area (Å²) in [6, 6.07) is 15.4. The highest BCUT2D eigenvalue weighted by atomic mass is 16.5. The molecule has 0 saturated heterocycles. The van der Waals surface area contributed by atoms with Gasteiger partial charge in [0, 0.05) is 23.1 Å². The molecule has 1 amide bonds. The average molecular weight is 362 g/mol. The van der Waals surface area contributed by atoms with Crippen LogP contribution < -0.4 is 14.8 Å². The molecule has 0 aliphatic carbocycles. The van der Waals surface area contributed by atoms with E-state index in [0.29, 0.717) is 5.75 Å². The third-order valence-electron chi connectivity index (χ3n) is 4.56. The Hall–Kier alpha value is -3.08. The van der Waals surface area contributed by atoms with Crippen molar-refractivity contribution in [3.05, 3.63) is 59.8 Å². The maximum absolute atomic E-state index is 12.4. The number of carbonyl (C=O) groups excluding carboxylic acids is 1. The third kappa shape index (κ3) is 3.58. The highest BCUT2D eigenvalue weighted by molar-refractivity contribution is 6.01. The molecule has 2 aromatic carbocycles. The number of para-hydroxylation sites is 1. The summed E-state index contributed by atoms with van der Waals surface area (Å²) >= 11 is 0. The highest BCUT2D eigenvalue weighted by Gasteiger charge is 2.32. The lowest BCUT2D eigenvalue weighted by atomic mass is 10.0. The van der Waals surface area contributed by atoms with Crippen LogP contribution in [0, 0.1) is 6.92 Å². The van der Waals surface area contributed by atoms with Crippen LogP contribution in [0.3, 0.4) is 0 Å². The zero-order chi connectivity index (χ0) is 19.0. The number of nitrogens with zero attached hydrogens (tertiary/aromatic N) is 1. The molecule has 0 spiro atoms. The first-order valence-electron chi connectivity index (χ1n) is 9.01. The van der Waals surface area contributed by atoms with Crippen LogP contribution >= 0.6 is 0 Å². The fourth-order valence-corrected chi connectivity index (χ4v) is 3.40. The standard InChI is InChI=1S/C22H22N2O3/c1-14-10-11-16-17(23-14)7-5-8-18(16)24-20(25)13-26-19-9-4-6-15-12-22(2,3)27-21(15)19/h4-11H,12-13H2,1-3H3,(H,24,25). The van der Waals surface area contributed by atoms with Gasteiger partial charge >= 0.3 is 0 Å². The minimum absolute atomic E-state index is 0.0874.